The van der Waals surface area contributed by atoms with Crippen LogP contribution >= 0.6 is 0 Å². The first-order valence-corrected chi connectivity index (χ1v) is 3.97. The van der Waals surface area contributed by atoms with Gasteiger partial charge in [-0.1, -0.05) is 30.3 Å². The third-order valence-corrected chi connectivity index (χ3v) is 1.65. The lowest BCUT2D eigenvalue weighted by Crippen LogP contribution is -2.05. The SMILES string of the molecule is OC/C(=C\C(F)(F)F)c1ccccc1. The number of rotatable bonds is 2. The van der Waals surface area contributed by atoms with Gasteiger partial charge in [0.1, 0.15) is 0 Å². The summed E-state index contributed by atoms with van der Waals surface area (Å²) in [6.45, 7) is -0.622. The summed E-state index contributed by atoms with van der Waals surface area (Å²) in [6, 6.07) is 7.98. The van der Waals surface area contributed by atoms with Gasteiger partial charge in [0.05, 0.1) is 6.61 Å². The van der Waals surface area contributed by atoms with Crippen LogP contribution in [0.1, 0.15) is 5.56 Å². The average molecular weight is 202 g/mol. The van der Waals surface area contributed by atoms with Crippen molar-refractivity contribution >= 4 is 5.57 Å². The van der Waals surface area contributed by atoms with Crippen LogP contribution in [0.25, 0.3) is 5.57 Å². The monoisotopic (exact) mass is 202 g/mol. The maximum atomic E-state index is 12.0. The molecule has 0 aliphatic carbocycles. The van der Waals surface area contributed by atoms with E-state index in [9.17, 15) is 13.2 Å². The lowest BCUT2D eigenvalue weighted by molar-refractivity contribution is -0.0796. The molecule has 0 saturated carbocycles. The molecule has 1 aromatic rings. The standard InChI is InChI=1S/C10H9F3O/c11-10(12,13)6-9(7-14)8-4-2-1-3-5-8/h1-6,14H,7H2/b9-6+. The Kier molecular flexibility index (Phi) is 3.30. The minimum atomic E-state index is -4.39. The van der Waals surface area contributed by atoms with E-state index in [0.717, 1.165) is 0 Å². The molecule has 4 heteroatoms. The highest BCUT2D eigenvalue weighted by Crippen LogP contribution is 2.23. The molecule has 0 amide bonds. The fourth-order valence-electron chi connectivity index (χ4n) is 1.07. The molecule has 0 aliphatic heterocycles. The first kappa shape index (κ1) is 10.8. The first-order chi connectivity index (χ1) is 6.53. The number of aliphatic hydroxyl groups excluding tert-OH is 1. The minimum Gasteiger partial charge on any atom is -0.392 e. The zero-order valence-corrected chi connectivity index (χ0v) is 7.25. The molecule has 1 rings (SSSR count). The summed E-state index contributed by atoms with van der Waals surface area (Å²) >= 11 is 0. The van der Waals surface area contributed by atoms with Gasteiger partial charge in [-0.05, 0) is 11.1 Å². The second-order valence-electron chi connectivity index (χ2n) is 2.74. The minimum absolute atomic E-state index is 0.113. The van der Waals surface area contributed by atoms with Crippen molar-refractivity contribution in [3.8, 4) is 0 Å². The Bertz CT molecular complexity index is 314. The summed E-state index contributed by atoms with van der Waals surface area (Å²) < 4.78 is 36.0. The molecule has 0 heterocycles. The Morgan fingerprint density at radius 3 is 2.21 bits per heavy atom. The number of aliphatic hydroxyl groups is 1. The molecular formula is C10H9F3O. The second kappa shape index (κ2) is 4.28. The number of hydrogen-bond acceptors (Lipinski definition) is 1. The Hall–Kier alpha value is -1.29. The molecule has 0 aliphatic rings. The summed E-state index contributed by atoms with van der Waals surface area (Å²) in [5, 5.41) is 8.77. The zero-order valence-electron chi connectivity index (χ0n) is 7.25. The molecule has 0 bridgehead atoms. The number of hydrogen-bond donors (Lipinski definition) is 1. The molecule has 1 N–H and O–H groups in total. The smallest absolute Gasteiger partial charge is 0.392 e. The van der Waals surface area contributed by atoms with Gasteiger partial charge in [-0.15, -0.1) is 0 Å². The van der Waals surface area contributed by atoms with Crippen molar-refractivity contribution in [3.63, 3.8) is 0 Å². The summed E-state index contributed by atoms with van der Waals surface area (Å²) in [5.41, 5.74) is 0.255. The van der Waals surface area contributed by atoms with Gasteiger partial charge in [0.2, 0.25) is 0 Å². The fourth-order valence-corrected chi connectivity index (χ4v) is 1.07. The lowest BCUT2D eigenvalue weighted by atomic mass is 10.1. The van der Waals surface area contributed by atoms with Crippen LogP contribution in [0.2, 0.25) is 0 Å². The summed E-state index contributed by atoms with van der Waals surface area (Å²) in [4.78, 5) is 0. The Labute approximate surface area is 79.5 Å². The molecule has 1 nitrogen and oxygen atoms in total. The molecule has 14 heavy (non-hydrogen) atoms. The van der Waals surface area contributed by atoms with E-state index in [1.807, 2.05) is 0 Å². The van der Waals surface area contributed by atoms with Crippen LogP contribution in [0.15, 0.2) is 36.4 Å². The van der Waals surface area contributed by atoms with E-state index in [0.29, 0.717) is 5.56 Å². The summed E-state index contributed by atoms with van der Waals surface area (Å²) in [5.74, 6) is 0. The Balaban J connectivity index is 3.00. The van der Waals surface area contributed by atoms with E-state index in [4.69, 9.17) is 5.11 Å². The van der Waals surface area contributed by atoms with Crippen molar-refractivity contribution in [1.82, 2.24) is 0 Å². The normalized spacial score (nSPS) is 13.0. The first-order valence-electron chi connectivity index (χ1n) is 3.97. The summed E-state index contributed by atoms with van der Waals surface area (Å²) in [7, 11) is 0. The molecule has 0 saturated heterocycles. The quantitative estimate of drug-likeness (QED) is 0.781. The molecule has 0 atom stereocenters. The maximum Gasteiger partial charge on any atom is 0.410 e. The number of halogens is 3. The van der Waals surface area contributed by atoms with Crippen LogP contribution < -0.4 is 0 Å². The molecule has 0 unspecified atom stereocenters. The molecular weight excluding hydrogens is 193 g/mol. The van der Waals surface area contributed by atoms with Crippen molar-refractivity contribution in [2.24, 2.45) is 0 Å². The van der Waals surface area contributed by atoms with E-state index in [1.54, 1.807) is 18.2 Å². The van der Waals surface area contributed by atoms with Gasteiger partial charge < -0.3 is 5.11 Å². The third kappa shape index (κ3) is 3.22. The lowest BCUT2D eigenvalue weighted by Gasteiger charge is -2.06. The van der Waals surface area contributed by atoms with Crippen LogP contribution in [0.4, 0.5) is 13.2 Å². The second-order valence-corrected chi connectivity index (χ2v) is 2.74. The predicted molar refractivity (Wildman–Crippen MR) is 47.6 cm³/mol. The van der Waals surface area contributed by atoms with Gasteiger partial charge >= 0.3 is 6.18 Å². The highest BCUT2D eigenvalue weighted by atomic mass is 19.4. The average Bonchev–Trinajstić information content (AvgIpc) is 2.14. The van der Waals surface area contributed by atoms with E-state index in [2.05, 4.69) is 0 Å². The van der Waals surface area contributed by atoms with Gasteiger partial charge in [0, 0.05) is 6.08 Å². The van der Waals surface area contributed by atoms with Crippen molar-refractivity contribution < 1.29 is 18.3 Å². The molecule has 0 aromatic heterocycles. The van der Waals surface area contributed by atoms with E-state index >= 15 is 0 Å². The molecule has 1 aromatic carbocycles. The fraction of sp³-hybridized carbons (Fsp3) is 0.200. The third-order valence-electron chi connectivity index (χ3n) is 1.65. The van der Waals surface area contributed by atoms with Gasteiger partial charge in [-0.25, -0.2) is 0 Å². The van der Waals surface area contributed by atoms with Crippen molar-refractivity contribution in [1.29, 1.82) is 0 Å². The number of benzene rings is 1. The maximum absolute atomic E-state index is 12.0. The van der Waals surface area contributed by atoms with Gasteiger partial charge in [0.15, 0.2) is 0 Å². The zero-order chi connectivity index (χ0) is 10.6. The highest BCUT2D eigenvalue weighted by molar-refractivity contribution is 5.66. The van der Waals surface area contributed by atoms with Gasteiger partial charge in [-0.2, -0.15) is 13.2 Å². The van der Waals surface area contributed by atoms with E-state index < -0.39 is 12.8 Å². The Morgan fingerprint density at radius 2 is 1.79 bits per heavy atom. The molecule has 0 fully saturated rings. The highest BCUT2D eigenvalue weighted by Gasteiger charge is 2.24. The molecule has 0 spiro atoms. The summed E-state index contributed by atoms with van der Waals surface area (Å²) in [6.07, 6.45) is -4.28. The van der Waals surface area contributed by atoms with Gasteiger partial charge in [-0.3, -0.25) is 0 Å². The van der Waals surface area contributed by atoms with E-state index in [1.165, 1.54) is 12.1 Å². The van der Waals surface area contributed by atoms with Crippen LogP contribution in [0.5, 0.6) is 0 Å². The van der Waals surface area contributed by atoms with E-state index in [-0.39, 0.29) is 11.6 Å². The van der Waals surface area contributed by atoms with Crippen molar-refractivity contribution in [2.45, 2.75) is 6.18 Å². The van der Waals surface area contributed by atoms with Crippen LogP contribution in [0.3, 0.4) is 0 Å². The predicted octanol–water partition coefficient (Wildman–Crippen LogP) is 2.62. The number of alkyl halides is 3. The van der Waals surface area contributed by atoms with Crippen LogP contribution in [-0.2, 0) is 0 Å². The van der Waals surface area contributed by atoms with Gasteiger partial charge in [0.25, 0.3) is 0 Å². The van der Waals surface area contributed by atoms with Crippen LogP contribution in [0, 0.1) is 0 Å². The van der Waals surface area contributed by atoms with Crippen molar-refractivity contribution in [3.05, 3.63) is 42.0 Å². The molecule has 0 radical (unpaired) electrons. The largest absolute Gasteiger partial charge is 0.410 e. The molecule has 76 valence electrons. The Morgan fingerprint density at radius 1 is 1.21 bits per heavy atom. The topological polar surface area (TPSA) is 20.2 Å². The number of allylic oxidation sites excluding steroid dienone is 1. The van der Waals surface area contributed by atoms with Crippen LogP contribution in [-0.4, -0.2) is 17.9 Å². The van der Waals surface area contributed by atoms with Crippen molar-refractivity contribution in [2.75, 3.05) is 6.61 Å².